The van der Waals surface area contributed by atoms with Gasteiger partial charge in [0.1, 0.15) is 5.75 Å². The van der Waals surface area contributed by atoms with Gasteiger partial charge in [-0.3, -0.25) is 14.5 Å². The number of hydrogen-bond donors (Lipinski definition) is 1. The van der Waals surface area contributed by atoms with Crippen LogP contribution in [0.15, 0.2) is 48.9 Å². The average Bonchev–Trinajstić information content (AvgIpc) is 3.27. The van der Waals surface area contributed by atoms with E-state index in [-0.39, 0.29) is 30.6 Å². The molecule has 4 aliphatic heterocycles. The standard InChI is InChI=1S/C27H39N5O4.C11H14O2/c1-21(36-20-26(33)31-16-14-30(15-17-31)23-9-18-35-19-10-23)29-11-7-24(8-12-29)32-13-6-22-4-2-3-5-25(22)28-27(32)34;1-7-5-8(2)11(9(3)6-7)13-10(4)12/h2-5,23-24H,1,6-20H2,(H,28,34);5-6H,1-4H3. The summed E-state index contributed by atoms with van der Waals surface area (Å²) in [7, 11) is 0. The summed E-state index contributed by atoms with van der Waals surface area (Å²) < 4.78 is 16.4. The molecule has 11 heteroatoms. The Morgan fingerprint density at radius 2 is 1.53 bits per heavy atom. The number of piperazine rings is 1. The number of ether oxygens (including phenoxy) is 3. The Kier molecular flexibility index (Phi) is 12.6. The van der Waals surface area contributed by atoms with E-state index in [0.29, 0.717) is 17.7 Å². The SMILES string of the molecule is C=C(OCC(=O)N1CCN(C2CCOCC2)CC1)N1CCC(N2CCc3ccccc3NC2=O)CC1.CC(=O)Oc1c(C)cc(C)cc1C. The highest BCUT2D eigenvalue weighted by Gasteiger charge is 2.31. The molecule has 3 saturated heterocycles. The van der Waals surface area contributed by atoms with Crippen LogP contribution in [0.1, 0.15) is 54.9 Å². The van der Waals surface area contributed by atoms with Gasteiger partial charge < -0.3 is 34.2 Å². The Balaban J connectivity index is 0.000000304. The van der Waals surface area contributed by atoms with Crippen LogP contribution in [-0.2, 0) is 25.5 Å². The van der Waals surface area contributed by atoms with Gasteiger partial charge in [-0.25, -0.2) is 4.79 Å². The van der Waals surface area contributed by atoms with E-state index in [9.17, 15) is 14.4 Å². The first-order chi connectivity index (χ1) is 23.6. The fraction of sp³-hybridized carbons (Fsp3) is 0.553. The van der Waals surface area contributed by atoms with Crippen LogP contribution in [0.2, 0.25) is 0 Å². The van der Waals surface area contributed by atoms with Gasteiger partial charge in [0.05, 0.1) is 0 Å². The summed E-state index contributed by atoms with van der Waals surface area (Å²) >= 11 is 0. The van der Waals surface area contributed by atoms with Gasteiger partial charge in [0, 0.05) is 83.7 Å². The lowest BCUT2D eigenvalue weighted by Crippen LogP contribution is -2.53. The highest BCUT2D eigenvalue weighted by atomic mass is 16.5. The molecule has 4 heterocycles. The molecule has 1 N–H and O–H groups in total. The first kappa shape index (κ1) is 36.2. The van der Waals surface area contributed by atoms with Gasteiger partial charge in [-0.15, -0.1) is 0 Å². The number of fused-ring (bicyclic) bond motifs is 1. The van der Waals surface area contributed by atoms with Crippen molar-refractivity contribution in [1.82, 2.24) is 19.6 Å². The number of rotatable bonds is 7. The number of nitrogens with zero attached hydrogens (tertiary/aromatic N) is 4. The molecule has 0 saturated carbocycles. The summed E-state index contributed by atoms with van der Waals surface area (Å²) in [6, 6.07) is 12.8. The van der Waals surface area contributed by atoms with Gasteiger partial charge in [-0.05, 0) is 82.2 Å². The van der Waals surface area contributed by atoms with Crippen molar-refractivity contribution in [1.29, 1.82) is 0 Å². The molecule has 266 valence electrons. The van der Waals surface area contributed by atoms with E-state index < -0.39 is 0 Å². The van der Waals surface area contributed by atoms with E-state index in [0.717, 1.165) is 108 Å². The molecule has 3 fully saturated rings. The van der Waals surface area contributed by atoms with E-state index in [4.69, 9.17) is 14.2 Å². The molecule has 4 aliphatic rings. The Bertz CT molecular complexity index is 1450. The van der Waals surface area contributed by atoms with Gasteiger partial charge in [-0.1, -0.05) is 35.9 Å². The number of nitrogens with one attached hydrogen (secondary N) is 1. The van der Waals surface area contributed by atoms with E-state index in [1.54, 1.807) is 0 Å². The summed E-state index contributed by atoms with van der Waals surface area (Å²) in [6.45, 7) is 18.7. The summed E-state index contributed by atoms with van der Waals surface area (Å²) in [4.78, 5) is 44.8. The van der Waals surface area contributed by atoms with Gasteiger partial charge in [0.2, 0.25) is 0 Å². The van der Waals surface area contributed by atoms with E-state index in [1.165, 1.54) is 18.1 Å². The molecule has 0 aliphatic carbocycles. The number of esters is 1. The number of carbonyl (C=O) groups is 3. The molecule has 0 aromatic heterocycles. The molecule has 0 radical (unpaired) electrons. The summed E-state index contributed by atoms with van der Waals surface area (Å²) in [5.41, 5.74) is 5.30. The predicted octanol–water partition coefficient (Wildman–Crippen LogP) is 4.89. The number of piperidine rings is 1. The number of hydrogen-bond acceptors (Lipinski definition) is 8. The molecule has 49 heavy (non-hydrogen) atoms. The third-order valence-corrected chi connectivity index (χ3v) is 9.99. The van der Waals surface area contributed by atoms with Crippen molar-refractivity contribution in [2.45, 2.75) is 71.9 Å². The molecule has 6 rings (SSSR count). The van der Waals surface area contributed by atoms with Crippen LogP contribution in [0.3, 0.4) is 0 Å². The number of anilines is 1. The topological polar surface area (TPSA) is 104 Å². The van der Waals surface area contributed by atoms with Gasteiger partial charge in [0.15, 0.2) is 12.5 Å². The van der Waals surface area contributed by atoms with Crippen LogP contribution < -0.4 is 10.1 Å². The zero-order valence-electron chi connectivity index (χ0n) is 29.7. The maximum atomic E-state index is 12.8. The molecular weight excluding hydrogens is 622 g/mol. The minimum Gasteiger partial charge on any atom is -0.470 e. The summed E-state index contributed by atoms with van der Waals surface area (Å²) in [5, 5.41) is 3.07. The first-order valence-electron chi connectivity index (χ1n) is 17.7. The highest BCUT2D eigenvalue weighted by molar-refractivity contribution is 5.91. The van der Waals surface area contributed by atoms with E-state index in [1.807, 2.05) is 60.9 Å². The molecule has 3 amide bonds. The first-order valence-corrected chi connectivity index (χ1v) is 17.7. The minimum absolute atomic E-state index is 0.0176. The summed E-state index contributed by atoms with van der Waals surface area (Å²) in [5.74, 6) is 1.00. The predicted molar refractivity (Wildman–Crippen MR) is 190 cm³/mol. The molecular formula is C38H53N5O6. The van der Waals surface area contributed by atoms with Gasteiger partial charge >= 0.3 is 12.0 Å². The normalized spacial score (nSPS) is 19.2. The van der Waals surface area contributed by atoms with Crippen molar-refractivity contribution < 1.29 is 28.6 Å². The number of likely N-dealkylation sites (tertiary alicyclic amines) is 1. The number of benzene rings is 2. The quantitative estimate of drug-likeness (QED) is 0.252. The van der Waals surface area contributed by atoms with Crippen molar-refractivity contribution in [3.8, 4) is 5.75 Å². The fourth-order valence-electron chi connectivity index (χ4n) is 7.35. The third kappa shape index (κ3) is 9.76. The Morgan fingerprint density at radius 1 is 0.878 bits per heavy atom. The number of para-hydroxylation sites is 1. The van der Waals surface area contributed by atoms with E-state index >= 15 is 0 Å². The number of aryl methyl sites for hydroxylation is 3. The second-order valence-electron chi connectivity index (χ2n) is 13.5. The fourth-order valence-corrected chi connectivity index (χ4v) is 7.35. The molecule has 2 aromatic rings. The lowest BCUT2D eigenvalue weighted by molar-refractivity contribution is -0.138. The molecule has 0 atom stereocenters. The number of amides is 3. The number of urea groups is 1. The Hall–Kier alpha value is -4.09. The monoisotopic (exact) mass is 675 g/mol. The summed E-state index contributed by atoms with van der Waals surface area (Å²) in [6.07, 6.45) is 4.74. The van der Waals surface area contributed by atoms with Crippen molar-refractivity contribution in [3.05, 3.63) is 71.1 Å². The number of carbonyl (C=O) groups excluding carboxylic acids is 3. The minimum atomic E-state index is -0.268. The van der Waals surface area contributed by atoms with Crippen LogP contribution in [0.5, 0.6) is 5.75 Å². The molecule has 0 spiro atoms. The molecule has 0 bridgehead atoms. The van der Waals surface area contributed by atoms with Crippen molar-refractivity contribution in [2.75, 3.05) is 71.0 Å². The smallest absolute Gasteiger partial charge is 0.322 e. The van der Waals surface area contributed by atoms with Crippen LogP contribution in [0.25, 0.3) is 0 Å². The second kappa shape index (κ2) is 17.0. The lowest BCUT2D eigenvalue weighted by Gasteiger charge is -2.41. The lowest BCUT2D eigenvalue weighted by atomic mass is 10.0. The van der Waals surface area contributed by atoms with Crippen molar-refractivity contribution in [2.24, 2.45) is 0 Å². The largest absolute Gasteiger partial charge is 0.470 e. The third-order valence-electron chi connectivity index (χ3n) is 9.99. The van der Waals surface area contributed by atoms with Crippen LogP contribution in [-0.4, -0.2) is 115 Å². The Morgan fingerprint density at radius 3 is 2.18 bits per heavy atom. The van der Waals surface area contributed by atoms with Crippen molar-refractivity contribution in [3.63, 3.8) is 0 Å². The van der Waals surface area contributed by atoms with Crippen LogP contribution >= 0.6 is 0 Å². The second-order valence-corrected chi connectivity index (χ2v) is 13.5. The van der Waals surface area contributed by atoms with Gasteiger partial charge in [0.25, 0.3) is 5.91 Å². The molecule has 11 nitrogen and oxygen atoms in total. The zero-order valence-corrected chi connectivity index (χ0v) is 29.7. The van der Waals surface area contributed by atoms with Crippen LogP contribution in [0.4, 0.5) is 10.5 Å². The van der Waals surface area contributed by atoms with Crippen LogP contribution in [0, 0.1) is 20.8 Å². The highest BCUT2D eigenvalue weighted by Crippen LogP contribution is 2.26. The zero-order chi connectivity index (χ0) is 34.9. The molecule has 0 unspecified atom stereocenters. The maximum absolute atomic E-state index is 12.8. The maximum Gasteiger partial charge on any atom is 0.322 e. The Labute approximate surface area is 291 Å². The average molecular weight is 676 g/mol. The molecule has 2 aromatic carbocycles. The van der Waals surface area contributed by atoms with Crippen molar-refractivity contribution >= 4 is 23.6 Å². The van der Waals surface area contributed by atoms with E-state index in [2.05, 4.69) is 27.8 Å². The van der Waals surface area contributed by atoms with Gasteiger partial charge in [-0.2, -0.15) is 0 Å².